The normalized spacial score (nSPS) is 15.1. The number of halogens is 3. The molecule has 1 aliphatic heterocycles. The van der Waals surface area contributed by atoms with Crippen LogP contribution < -0.4 is 5.32 Å². The van der Waals surface area contributed by atoms with E-state index in [1.165, 1.54) is 24.5 Å². The van der Waals surface area contributed by atoms with Crippen molar-refractivity contribution >= 4 is 11.6 Å². The van der Waals surface area contributed by atoms with Crippen LogP contribution in [0.1, 0.15) is 17.4 Å². The number of aromatic nitrogens is 4. The second-order valence-corrected chi connectivity index (χ2v) is 6.56. The molecule has 1 aromatic carbocycles. The van der Waals surface area contributed by atoms with Crippen LogP contribution in [0.15, 0.2) is 47.4 Å². The van der Waals surface area contributed by atoms with E-state index in [2.05, 4.69) is 25.4 Å². The molecule has 0 aliphatic carbocycles. The van der Waals surface area contributed by atoms with E-state index < -0.39 is 17.6 Å². The number of carbonyl (C=O) groups is 1. The van der Waals surface area contributed by atoms with E-state index >= 15 is 0 Å². The summed E-state index contributed by atoms with van der Waals surface area (Å²) in [5.41, 5.74) is -0.207. The van der Waals surface area contributed by atoms with E-state index in [9.17, 15) is 18.0 Å². The van der Waals surface area contributed by atoms with Crippen LogP contribution in [0.4, 0.5) is 18.9 Å². The maximum absolute atomic E-state index is 12.7. The molecule has 2 aromatic heterocycles. The number of nitrogens with one attached hydrogen (secondary N) is 1. The number of anilines is 1. The highest BCUT2D eigenvalue weighted by Gasteiger charge is 2.34. The lowest BCUT2D eigenvalue weighted by Crippen LogP contribution is -2.48. The number of hydrogen-bond acceptors (Lipinski definition) is 7. The molecule has 1 fully saturated rings. The first-order valence-electron chi connectivity index (χ1n) is 8.68. The van der Waals surface area contributed by atoms with Gasteiger partial charge in [-0.1, -0.05) is 11.2 Å². The van der Waals surface area contributed by atoms with Gasteiger partial charge in [0, 0.05) is 31.2 Å². The standard InChI is InChI=1S/C18H15F3N6O2/c19-18(20,21)12-2-1-3-13(6-12)24-15(28)10-27-8-11(9-27)17-25-16(26-29-17)14-7-22-4-5-23-14/h1-7,11H,8-10H2,(H,24,28). The van der Waals surface area contributed by atoms with Gasteiger partial charge in [-0.3, -0.25) is 14.7 Å². The van der Waals surface area contributed by atoms with Gasteiger partial charge < -0.3 is 9.84 Å². The summed E-state index contributed by atoms with van der Waals surface area (Å²) >= 11 is 0. The SMILES string of the molecule is O=C(CN1CC(c2nc(-c3cnccn3)no2)C1)Nc1cccc(C(F)(F)F)c1. The summed E-state index contributed by atoms with van der Waals surface area (Å²) in [6.45, 7) is 1.11. The number of nitrogens with zero attached hydrogens (tertiary/aromatic N) is 5. The Labute approximate surface area is 162 Å². The lowest BCUT2D eigenvalue weighted by molar-refractivity contribution is -0.137. The van der Waals surface area contributed by atoms with Gasteiger partial charge in [-0.25, -0.2) is 4.98 Å². The molecule has 1 saturated heterocycles. The maximum Gasteiger partial charge on any atom is 0.416 e. The van der Waals surface area contributed by atoms with Crippen molar-refractivity contribution in [1.82, 2.24) is 25.0 Å². The fourth-order valence-electron chi connectivity index (χ4n) is 2.95. The number of amides is 1. The first kappa shape index (κ1) is 19.0. The quantitative estimate of drug-likeness (QED) is 0.698. The molecule has 11 heteroatoms. The second-order valence-electron chi connectivity index (χ2n) is 6.56. The van der Waals surface area contributed by atoms with Crippen molar-refractivity contribution in [3.8, 4) is 11.5 Å². The van der Waals surface area contributed by atoms with Crippen LogP contribution in [0, 0.1) is 0 Å². The van der Waals surface area contributed by atoms with E-state index in [4.69, 9.17) is 4.52 Å². The van der Waals surface area contributed by atoms with Crippen molar-refractivity contribution in [1.29, 1.82) is 0 Å². The summed E-state index contributed by atoms with van der Waals surface area (Å²) < 4.78 is 43.5. The van der Waals surface area contributed by atoms with Crippen LogP contribution in [0.3, 0.4) is 0 Å². The minimum absolute atomic E-state index is 0.0192. The van der Waals surface area contributed by atoms with Gasteiger partial charge in [-0.2, -0.15) is 18.2 Å². The highest BCUT2D eigenvalue weighted by atomic mass is 19.4. The first-order chi connectivity index (χ1) is 13.9. The molecule has 0 saturated carbocycles. The third kappa shape index (κ3) is 4.40. The Morgan fingerprint density at radius 3 is 2.83 bits per heavy atom. The summed E-state index contributed by atoms with van der Waals surface area (Å²) in [5.74, 6) is 0.372. The monoisotopic (exact) mass is 404 g/mol. The summed E-state index contributed by atoms with van der Waals surface area (Å²) in [5, 5.41) is 6.37. The molecular weight excluding hydrogens is 389 g/mol. The molecular formula is C18H15F3N6O2. The number of carbonyl (C=O) groups excluding carboxylic acids is 1. The maximum atomic E-state index is 12.7. The van der Waals surface area contributed by atoms with Gasteiger partial charge in [-0.05, 0) is 18.2 Å². The van der Waals surface area contributed by atoms with Crippen molar-refractivity contribution in [3.63, 3.8) is 0 Å². The van der Waals surface area contributed by atoms with E-state index in [1.807, 2.05) is 4.90 Å². The summed E-state index contributed by atoms with van der Waals surface area (Å²) in [6.07, 6.45) is 0.137. The smallest absolute Gasteiger partial charge is 0.339 e. The number of alkyl halides is 3. The molecule has 8 nitrogen and oxygen atoms in total. The van der Waals surface area contributed by atoms with Gasteiger partial charge in [0.15, 0.2) is 0 Å². The predicted octanol–water partition coefficient (Wildman–Crippen LogP) is 2.58. The Morgan fingerprint density at radius 2 is 2.10 bits per heavy atom. The predicted molar refractivity (Wildman–Crippen MR) is 94.6 cm³/mol. The van der Waals surface area contributed by atoms with E-state index in [0.29, 0.717) is 30.5 Å². The minimum atomic E-state index is -4.46. The molecule has 1 aliphatic rings. The van der Waals surface area contributed by atoms with Gasteiger partial charge >= 0.3 is 6.18 Å². The molecule has 3 aromatic rings. The Balaban J connectivity index is 1.29. The summed E-state index contributed by atoms with van der Waals surface area (Å²) in [6, 6.07) is 4.53. The fourth-order valence-corrected chi connectivity index (χ4v) is 2.95. The molecule has 29 heavy (non-hydrogen) atoms. The number of hydrogen-bond donors (Lipinski definition) is 1. The van der Waals surface area contributed by atoms with E-state index in [1.54, 1.807) is 6.20 Å². The van der Waals surface area contributed by atoms with E-state index in [0.717, 1.165) is 12.1 Å². The molecule has 0 radical (unpaired) electrons. The topological polar surface area (TPSA) is 97.0 Å². The highest BCUT2D eigenvalue weighted by molar-refractivity contribution is 5.92. The molecule has 1 N–H and O–H groups in total. The largest absolute Gasteiger partial charge is 0.416 e. The summed E-state index contributed by atoms with van der Waals surface area (Å²) in [4.78, 5) is 26.3. The van der Waals surface area contributed by atoms with Gasteiger partial charge in [0.25, 0.3) is 0 Å². The Hall–Kier alpha value is -3.34. The third-order valence-electron chi connectivity index (χ3n) is 4.38. The van der Waals surface area contributed by atoms with Gasteiger partial charge in [0.1, 0.15) is 5.69 Å². The third-order valence-corrected chi connectivity index (χ3v) is 4.38. The van der Waals surface area contributed by atoms with Crippen LogP contribution in [0.2, 0.25) is 0 Å². The lowest BCUT2D eigenvalue weighted by atomic mass is 10.0. The van der Waals surface area contributed by atoms with Gasteiger partial charge in [0.05, 0.1) is 24.2 Å². The van der Waals surface area contributed by atoms with Crippen LogP contribution in [-0.4, -0.2) is 50.5 Å². The van der Waals surface area contributed by atoms with Crippen molar-refractivity contribution in [3.05, 3.63) is 54.3 Å². The molecule has 1 amide bonds. The van der Waals surface area contributed by atoms with Crippen molar-refractivity contribution < 1.29 is 22.5 Å². The molecule has 0 spiro atoms. The highest BCUT2D eigenvalue weighted by Crippen LogP contribution is 2.31. The average Bonchev–Trinajstić information content (AvgIpc) is 3.14. The molecule has 0 bridgehead atoms. The number of likely N-dealkylation sites (tertiary alicyclic amines) is 1. The molecule has 150 valence electrons. The zero-order valence-corrected chi connectivity index (χ0v) is 14.9. The lowest BCUT2D eigenvalue weighted by Gasteiger charge is -2.36. The first-order valence-corrected chi connectivity index (χ1v) is 8.68. The zero-order valence-electron chi connectivity index (χ0n) is 14.9. The molecule has 0 atom stereocenters. The van der Waals surface area contributed by atoms with Crippen molar-refractivity contribution in [2.24, 2.45) is 0 Å². The Morgan fingerprint density at radius 1 is 1.28 bits per heavy atom. The number of rotatable bonds is 5. The Bertz CT molecular complexity index is 1000. The van der Waals surface area contributed by atoms with Gasteiger partial charge in [0.2, 0.25) is 17.6 Å². The van der Waals surface area contributed by atoms with Crippen LogP contribution in [-0.2, 0) is 11.0 Å². The van der Waals surface area contributed by atoms with Crippen molar-refractivity contribution in [2.45, 2.75) is 12.1 Å². The fraction of sp³-hybridized carbons (Fsp3) is 0.278. The van der Waals surface area contributed by atoms with Crippen molar-refractivity contribution in [2.75, 3.05) is 25.0 Å². The van der Waals surface area contributed by atoms with Gasteiger partial charge in [-0.15, -0.1) is 0 Å². The molecule has 0 unspecified atom stereocenters. The molecule has 3 heterocycles. The van der Waals surface area contributed by atoms with Crippen LogP contribution in [0.25, 0.3) is 11.5 Å². The van der Waals surface area contributed by atoms with Crippen LogP contribution >= 0.6 is 0 Å². The summed E-state index contributed by atoms with van der Waals surface area (Å²) in [7, 11) is 0. The van der Waals surface area contributed by atoms with E-state index in [-0.39, 0.29) is 18.2 Å². The Kier molecular flexibility index (Phi) is 4.97. The minimum Gasteiger partial charge on any atom is -0.339 e. The second kappa shape index (κ2) is 7.59. The van der Waals surface area contributed by atoms with Crippen LogP contribution in [0.5, 0.6) is 0 Å². The number of benzene rings is 1. The zero-order chi connectivity index (χ0) is 20.4. The average molecular weight is 404 g/mol. The molecule has 4 rings (SSSR count).